The van der Waals surface area contributed by atoms with Crippen LogP contribution in [0.1, 0.15) is 16.1 Å². The second-order valence-corrected chi connectivity index (χ2v) is 6.13. The van der Waals surface area contributed by atoms with Gasteiger partial charge < -0.3 is 10.6 Å². The van der Waals surface area contributed by atoms with Crippen LogP contribution in [0.5, 0.6) is 0 Å². The Morgan fingerprint density at radius 2 is 1.83 bits per heavy atom. The Balaban J connectivity index is 1.59. The fraction of sp³-hybridized carbons (Fsp3) is 0.0588. The van der Waals surface area contributed by atoms with Gasteiger partial charge in [-0.1, -0.05) is 41.9 Å². The van der Waals surface area contributed by atoms with E-state index in [0.717, 1.165) is 11.3 Å². The molecule has 1 aromatic heterocycles. The van der Waals surface area contributed by atoms with Crippen molar-refractivity contribution in [3.63, 3.8) is 0 Å². The van der Waals surface area contributed by atoms with Crippen LogP contribution >= 0.6 is 22.9 Å². The number of nitrogens with zero attached hydrogens (tertiary/aromatic N) is 1. The third-order valence-corrected chi connectivity index (χ3v) is 4.14. The maximum atomic E-state index is 12.1. The molecule has 2 N–H and O–H groups in total. The van der Waals surface area contributed by atoms with Gasteiger partial charge >= 0.3 is 0 Å². The van der Waals surface area contributed by atoms with E-state index in [1.54, 1.807) is 17.5 Å². The highest BCUT2D eigenvalue weighted by molar-refractivity contribution is 7.14. The molecule has 6 heteroatoms. The van der Waals surface area contributed by atoms with Gasteiger partial charge in [-0.2, -0.15) is 0 Å². The van der Waals surface area contributed by atoms with Crippen molar-refractivity contribution in [2.75, 3.05) is 5.32 Å². The van der Waals surface area contributed by atoms with Crippen LogP contribution in [0.4, 0.5) is 10.8 Å². The number of carbonyl (C=O) groups excluding carboxylic acids is 1. The van der Waals surface area contributed by atoms with Crippen molar-refractivity contribution in [1.82, 2.24) is 10.3 Å². The fourth-order valence-electron chi connectivity index (χ4n) is 1.96. The molecule has 0 atom stereocenters. The number of anilines is 2. The third kappa shape index (κ3) is 4.31. The van der Waals surface area contributed by atoms with Gasteiger partial charge in [0.2, 0.25) is 0 Å². The van der Waals surface area contributed by atoms with E-state index in [4.69, 9.17) is 11.6 Å². The molecule has 0 unspecified atom stereocenters. The summed E-state index contributed by atoms with van der Waals surface area (Å²) >= 11 is 7.23. The van der Waals surface area contributed by atoms with Gasteiger partial charge in [0.05, 0.1) is 0 Å². The van der Waals surface area contributed by atoms with Gasteiger partial charge in [-0.05, 0) is 29.8 Å². The molecule has 0 spiro atoms. The first-order valence-electron chi connectivity index (χ1n) is 7.01. The van der Waals surface area contributed by atoms with E-state index >= 15 is 0 Å². The van der Waals surface area contributed by atoms with E-state index in [-0.39, 0.29) is 5.91 Å². The lowest BCUT2D eigenvalue weighted by Gasteiger charge is -2.04. The van der Waals surface area contributed by atoms with E-state index in [0.29, 0.717) is 22.4 Å². The first kappa shape index (κ1) is 15.5. The molecule has 0 radical (unpaired) electrons. The zero-order valence-electron chi connectivity index (χ0n) is 12.1. The van der Waals surface area contributed by atoms with Gasteiger partial charge in [0.15, 0.2) is 5.13 Å². The number of rotatable bonds is 5. The van der Waals surface area contributed by atoms with Crippen LogP contribution < -0.4 is 10.6 Å². The summed E-state index contributed by atoms with van der Waals surface area (Å²) < 4.78 is 0. The van der Waals surface area contributed by atoms with Crippen molar-refractivity contribution in [2.45, 2.75) is 6.54 Å². The predicted molar refractivity (Wildman–Crippen MR) is 94.5 cm³/mol. The zero-order valence-corrected chi connectivity index (χ0v) is 13.7. The van der Waals surface area contributed by atoms with Crippen molar-refractivity contribution >= 4 is 39.7 Å². The number of amides is 1. The van der Waals surface area contributed by atoms with Crippen molar-refractivity contribution in [2.24, 2.45) is 0 Å². The second kappa shape index (κ2) is 7.26. The smallest absolute Gasteiger partial charge is 0.271 e. The first-order valence-corrected chi connectivity index (χ1v) is 8.27. The number of para-hydroxylation sites is 1. The van der Waals surface area contributed by atoms with E-state index in [1.807, 2.05) is 42.5 Å². The lowest BCUT2D eigenvalue weighted by molar-refractivity contribution is 0.0946. The third-order valence-electron chi connectivity index (χ3n) is 3.13. The molecule has 4 nitrogen and oxygen atoms in total. The maximum Gasteiger partial charge on any atom is 0.271 e. The Labute approximate surface area is 143 Å². The number of thiazole rings is 1. The number of hydrogen-bond acceptors (Lipinski definition) is 4. The Morgan fingerprint density at radius 3 is 2.57 bits per heavy atom. The van der Waals surface area contributed by atoms with Gasteiger partial charge in [-0.3, -0.25) is 4.79 Å². The Bertz CT molecular complexity index is 787. The number of hydrogen-bond donors (Lipinski definition) is 2. The second-order valence-electron chi connectivity index (χ2n) is 4.84. The van der Waals surface area contributed by atoms with Gasteiger partial charge in [-0.25, -0.2) is 4.98 Å². The molecule has 1 heterocycles. The largest absolute Gasteiger partial charge is 0.347 e. The van der Waals surface area contributed by atoms with E-state index in [9.17, 15) is 4.79 Å². The summed E-state index contributed by atoms with van der Waals surface area (Å²) in [6.45, 7) is 0.439. The molecule has 0 saturated heterocycles. The summed E-state index contributed by atoms with van der Waals surface area (Å²) in [5.74, 6) is -0.197. The minimum absolute atomic E-state index is 0.197. The summed E-state index contributed by atoms with van der Waals surface area (Å²) in [4.78, 5) is 16.4. The topological polar surface area (TPSA) is 54.0 Å². The molecule has 0 aliphatic heterocycles. The highest BCUT2D eigenvalue weighted by Gasteiger charge is 2.10. The maximum absolute atomic E-state index is 12.1. The average molecular weight is 344 g/mol. The standard InChI is InChI=1S/C17H14ClN3OS/c18-13-8-6-12(7-9-13)10-19-16(22)15-11-23-17(21-15)20-14-4-2-1-3-5-14/h1-9,11H,10H2,(H,19,22)(H,20,21). The van der Waals surface area contributed by atoms with Crippen LogP contribution in [0.3, 0.4) is 0 Å². The SMILES string of the molecule is O=C(NCc1ccc(Cl)cc1)c1csc(Nc2ccccc2)n1. The van der Waals surface area contributed by atoms with Crippen molar-refractivity contribution in [3.05, 3.63) is 76.3 Å². The van der Waals surface area contributed by atoms with E-state index in [2.05, 4.69) is 15.6 Å². The van der Waals surface area contributed by atoms with Gasteiger partial charge in [0, 0.05) is 22.6 Å². The Morgan fingerprint density at radius 1 is 1.09 bits per heavy atom. The Kier molecular flexibility index (Phi) is 4.90. The lowest BCUT2D eigenvalue weighted by Crippen LogP contribution is -2.23. The molecule has 0 saturated carbocycles. The molecule has 0 bridgehead atoms. The summed E-state index contributed by atoms with van der Waals surface area (Å²) in [6.07, 6.45) is 0. The van der Waals surface area contributed by atoms with E-state index in [1.165, 1.54) is 11.3 Å². The van der Waals surface area contributed by atoms with Crippen molar-refractivity contribution < 1.29 is 4.79 Å². The molecule has 2 aromatic carbocycles. The molecule has 3 rings (SSSR count). The van der Waals surface area contributed by atoms with E-state index < -0.39 is 0 Å². The van der Waals surface area contributed by atoms with Crippen LogP contribution in [-0.2, 0) is 6.54 Å². The normalized spacial score (nSPS) is 10.3. The number of carbonyl (C=O) groups is 1. The quantitative estimate of drug-likeness (QED) is 0.718. The molecular formula is C17H14ClN3OS. The number of nitrogens with one attached hydrogen (secondary N) is 2. The minimum Gasteiger partial charge on any atom is -0.347 e. The molecule has 0 aliphatic carbocycles. The summed E-state index contributed by atoms with van der Waals surface area (Å²) in [5, 5.41) is 9.12. The number of halogens is 1. The molecule has 0 aliphatic rings. The summed E-state index contributed by atoms with van der Waals surface area (Å²) in [6, 6.07) is 17.1. The van der Waals surface area contributed by atoms with Crippen molar-refractivity contribution in [3.8, 4) is 0 Å². The number of benzene rings is 2. The highest BCUT2D eigenvalue weighted by Crippen LogP contribution is 2.20. The lowest BCUT2D eigenvalue weighted by atomic mass is 10.2. The van der Waals surface area contributed by atoms with Gasteiger partial charge in [0.1, 0.15) is 5.69 Å². The van der Waals surface area contributed by atoms with Gasteiger partial charge in [-0.15, -0.1) is 11.3 Å². The highest BCUT2D eigenvalue weighted by atomic mass is 35.5. The summed E-state index contributed by atoms with van der Waals surface area (Å²) in [5.41, 5.74) is 2.33. The molecule has 0 fully saturated rings. The fourth-order valence-corrected chi connectivity index (χ4v) is 2.79. The number of aromatic nitrogens is 1. The van der Waals surface area contributed by atoms with Gasteiger partial charge in [0.25, 0.3) is 5.91 Å². The predicted octanol–water partition coefficient (Wildman–Crippen LogP) is 4.47. The zero-order chi connectivity index (χ0) is 16.1. The molecule has 1 amide bonds. The van der Waals surface area contributed by atoms with Crippen LogP contribution in [0.2, 0.25) is 5.02 Å². The average Bonchev–Trinajstić information content (AvgIpc) is 3.03. The minimum atomic E-state index is -0.197. The van der Waals surface area contributed by atoms with Crippen LogP contribution in [-0.4, -0.2) is 10.9 Å². The molecule has 116 valence electrons. The Hall–Kier alpha value is -2.37. The van der Waals surface area contributed by atoms with Crippen LogP contribution in [0.15, 0.2) is 60.0 Å². The molecule has 23 heavy (non-hydrogen) atoms. The van der Waals surface area contributed by atoms with Crippen LogP contribution in [0, 0.1) is 0 Å². The molecular weight excluding hydrogens is 330 g/mol. The van der Waals surface area contributed by atoms with Crippen molar-refractivity contribution in [1.29, 1.82) is 0 Å². The first-order chi connectivity index (χ1) is 11.2. The molecule has 3 aromatic rings. The monoisotopic (exact) mass is 343 g/mol. The summed E-state index contributed by atoms with van der Waals surface area (Å²) in [7, 11) is 0. The van der Waals surface area contributed by atoms with Crippen LogP contribution in [0.25, 0.3) is 0 Å².